The summed E-state index contributed by atoms with van der Waals surface area (Å²) in [5, 5.41) is 22.2. The quantitative estimate of drug-likeness (QED) is 0.701. The normalized spacial score (nSPS) is 19.8. The number of rotatable bonds is 2. The van der Waals surface area contributed by atoms with Gasteiger partial charge >= 0.3 is 0 Å². The van der Waals surface area contributed by atoms with Gasteiger partial charge < -0.3 is 10.2 Å². The Morgan fingerprint density at radius 3 is 2.94 bits per heavy atom. The predicted molar refractivity (Wildman–Crippen MR) is 57.4 cm³/mol. The van der Waals surface area contributed by atoms with Crippen molar-refractivity contribution in [1.29, 1.82) is 0 Å². The molecule has 0 spiro atoms. The van der Waals surface area contributed by atoms with Gasteiger partial charge in [-0.3, -0.25) is 5.43 Å². The summed E-state index contributed by atoms with van der Waals surface area (Å²) in [4.78, 5) is 0. The zero-order chi connectivity index (χ0) is 11.5. The number of allylic oxidation sites excluding steroid dienone is 1. The van der Waals surface area contributed by atoms with Crippen LogP contribution in [0.2, 0.25) is 0 Å². The lowest BCUT2D eigenvalue weighted by Crippen LogP contribution is -2.31. The molecule has 1 unspecified atom stereocenters. The molecule has 16 heavy (non-hydrogen) atoms. The van der Waals surface area contributed by atoms with Gasteiger partial charge in [-0.2, -0.15) is 5.10 Å². The van der Waals surface area contributed by atoms with Gasteiger partial charge in [-0.1, -0.05) is 12.1 Å². The molecule has 5 heteroatoms. The van der Waals surface area contributed by atoms with Crippen molar-refractivity contribution in [3.63, 3.8) is 0 Å². The number of hydrazone groups is 1. The third-order valence-electron chi connectivity index (χ3n) is 2.20. The topological polar surface area (TPSA) is 64.9 Å². The molecule has 0 fully saturated rings. The van der Waals surface area contributed by atoms with Crippen LogP contribution in [0.5, 0.6) is 0 Å². The van der Waals surface area contributed by atoms with Crippen LogP contribution in [0.25, 0.3) is 0 Å². The van der Waals surface area contributed by atoms with Crippen molar-refractivity contribution < 1.29 is 14.6 Å². The van der Waals surface area contributed by atoms with Gasteiger partial charge in [0.2, 0.25) is 0 Å². The first-order valence-corrected chi connectivity index (χ1v) is 4.80. The molecule has 1 aromatic carbocycles. The van der Waals surface area contributed by atoms with Gasteiger partial charge in [0, 0.05) is 12.5 Å². The maximum Gasteiger partial charge on any atom is 0.198 e. The Balaban J connectivity index is 2.12. The van der Waals surface area contributed by atoms with E-state index in [0.29, 0.717) is 12.1 Å². The highest BCUT2D eigenvalue weighted by atomic mass is 19.1. The Bertz CT molecular complexity index is 457. The maximum absolute atomic E-state index is 12.9. The number of benzene rings is 1. The Kier molecular flexibility index (Phi) is 2.87. The van der Waals surface area contributed by atoms with E-state index in [1.165, 1.54) is 18.2 Å². The minimum atomic E-state index is -1.16. The minimum absolute atomic E-state index is 0.193. The fourth-order valence-electron chi connectivity index (χ4n) is 1.44. The average molecular weight is 222 g/mol. The monoisotopic (exact) mass is 222 g/mol. The van der Waals surface area contributed by atoms with Crippen molar-refractivity contribution >= 4 is 5.71 Å². The summed E-state index contributed by atoms with van der Waals surface area (Å²) in [5.41, 5.74) is 3.63. The van der Waals surface area contributed by atoms with E-state index in [1.54, 1.807) is 12.1 Å². The molecule has 84 valence electrons. The number of nitrogens with zero attached hydrogens (tertiary/aromatic N) is 1. The molecule has 0 saturated carbocycles. The SMILES string of the molecule is OC1=CC(Cc2cccc(F)c2)=NNC1O. The zero-order valence-corrected chi connectivity index (χ0v) is 8.39. The first-order valence-electron chi connectivity index (χ1n) is 4.80. The number of nitrogens with one attached hydrogen (secondary N) is 1. The molecule has 1 heterocycles. The van der Waals surface area contributed by atoms with Gasteiger partial charge in [0.25, 0.3) is 0 Å². The molecule has 4 nitrogen and oxygen atoms in total. The highest BCUT2D eigenvalue weighted by Gasteiger charge is 2.14. The summed E-state index contributed by atoms with van der Waals surface area (Å²) in [6.45, 7) is 0. The van der Waals surface area contributed by atoms with Crippen molar-refractivity contribution in [3.05, 3.63) is 47.5 Å². The van der Waals surface area contributed by atoms with E-state index in [9.17, 15) is 9.50 Å². The van der Waals surface area contributed by atoms with E-state index in [4.69, 9.17) is 5.11 Å². The summed E-state index contributed by atoms with van der Waals surface area (Å²) < 4.78 is 12.9. The fourth-order valence-corrected chi connectivity index (χ4v) is 1.44. The highest BCUT2D eigenvalue weighted by Crippen LogP contribution is 2.09. The highest BCUT2D eigenvalue weighted by molar-refractivity contribution is 5.97. The number of halogens is 1. The van der Waals surface area contributed by atoms with Crippen LogP contribution < -0.4 is 5.43 Å². The Morgan fingerprint density at radius 1 is 1.44 bits per heavy atom. The second kappa shape index (κ2) is 4.32. The molecule has 0 saturated heterocycles. The number of hydrogen-bond donors (Lipinski definition) is 3. The molecule has 0 amide bonds. The Labute approximate surface area is 91.7 Å². The standard InChI is InChI=1S/C11H11FN2O2/c12-8-3-1-2-7(4-8)5-9-6-10(15)11(16)14-13-9/h1-4,6,11,14-16H,5H2. The van der Waals surface area contributed by atoms with Gasteiger partial charge in [-0.25, -0.2) is 4.39 Å². The molecule has 0 aliphatic carbocycles. The van der Waals surface area contributed by atoms with Crippen LogP contribution in [-0.2, 0) is 6.42 Å². The number of aliphatic hydroxyl groups excluding tert-OH is 2. The van der Waals surface area contributed by atoms with Crippen molar-refractivity contribution in [2.75, 3.05) is 0 Å². The maximum atomic E-state index is 12.9. The van der Waals surface area contributed by atoms with E-state index in [1.807, 2.05) is 0 Å². The molecule has 1 aliphatic heterocycles. The summed E-state index contributed by atoms with van der Waals surface area (Å²) in [6, 6.07) is 6.14. The Morgan fingerprint density at radius 2 is 2.25 bits per heavy atom. The first kappa shape index (κ1) is 10.6. The molecule has 2 rings (SSSR count). The van der Waals surface area contributed by atoms with Crippen molar-refractivity contribution in [1.82, 2.24) is 5.43 Å². The van der Waals surface area contributed by atoms with E-state index in [0.717, 1.165) is 5.56 Å². The second-order valence-corrected chi connectivity index (χ2v) is 3.51. The molecule has 3 N–H and O–H groups in total. The minimum Gasteiger partial charge on any atom is -0.507 e. The summed E-state index contributed by atoms with van der Waals surface area (Å²) in [7, 11) is 0. The van der Waals surface area contributed by atoms with E-state index in [-0.39, 0.29) is 11.6 Å². The van der Waals surface area contributed by atoms with Crippen molar-refractivity contribution in [2.24, 2.45) is 5.10 Å². The van der Waals surface area contributed by atoms with Crippen LogP contribution in [0.15, 0.2) is 41.2 Å². The zero-order valence-electron chi connectivity index (χ0n) is 8.39. The predicted octanol–water partition coefficient (Wildman–Crippen LogP) is 1.09. The summed E-state index contributed by atoms with van der Waals surface area (Å²) in [6.07, 6.45) is 0.601. The van der Waals surface area contributed by atoms with Crippen LogP contribution in [0.4, 0.5) is 4.39 Å². The molecule has 0 bridgehead atoms. The third-order valence-corrected chi connectivity index (χ3v) is 2.20. The Hall–Kier alpha value is -1.88. The molecular weight excluding hydrogens is 211 g/mol. The summed E-state index contributed by atoms with van der Waals surface area (Å²) >= 11 is 0. The lowest BCUT2D eigenvalue weighted by Gasteiger charge is -2.15. The molecule has 0 aromatic heterocycles. The van der Waals surface area contributed by atoms with Crippen LogP contribution in [-0.4, -0.2) is 22.2 Å². The van der Waals surface area contributed by atoms with Crippen molar-refractivity contribution in [2.45, 2.75) is 12.6 Å². The lowest BCUT2D eigenvalue weighted by molar-refractivity contribution is 0.121. The first-order chi connectivity index (χ1) is 7.65. The largest absolute Gasteiger partial charge is 0.507 e. The fraction of sp³-hybridized carbons (Fsp3) is 0.182. The van der Waals surface area contributed by atoms with Gasteiger partial charge in [0.1, 0.15) is 11.6 Å². The lowest BCUT2D eigenvalue weighted by atomic mass is 10.1. The molecule has 0 radical (unpaired) electrons. The van der Waals surface area contributed by atoms with E-state index >= 15 is 0 Å². The number of aliphatic hydroxyl groups is 2. The smallest absolute Gasteiger partial charge is 0.198 e. The van der Waals surface area contributed by atoms with Crippen LogP contribution in [0.1, 0.15) is 5.56 Å². The molecular formula is C11H11FN2O2. The van der Waals surface area contributed by atoms with Gasteiger partial charge in [-0.15, -0.1) is 0 Å². The van der Waals surface area contributed by atoms with Crippen LogP contribution in [0.3, 0.4) is 0 Å². The van der Waals surface area contributed by atoms with E-state index in [2.05, 4.69) is 10.5 Å². The third kappa shape index (κ3) is 2.38. The van der Waals surface area contributed by atoms with Gasteiger partial charge in [0.15, 0.2) is 6.23 Å². The van der Waals surface area contributed by atoms with Gasteiger partial charge in [0.05, 0.1) is 5.71 Å². The molecule has 1 aliphatic rings. The number of hydrogen-bond acceptors (Lipinski definition) is 4. The van der Waals surface area contributed by atoms with Gasteiger partial charge in [-0.05, 0) is 17.7 Å². The van der Waals surface area contributed by atoms with Crippen LogP contribution >= 0.6 is 0 Å². The van der Waals surface area contributed by atoms with E-state index < -0.39 is 6.23 Å². The molecule has 1 atom stereocenters. The molecule has 1 aromatic rings. The van der Waals surface area contributed by atoms with Crippen LogP contribution in [0, 0.1) is 5.82 Å². The van der Waals surface area contributed by atoms with Crippen molar-refractivity contribution in [3.8, 4) is 0 Å². The summed E-state index contributed by atoms with van der Waals surface area (Å²) in [5.74, 6) is -0.503. The average Bonchev–Trinajstić information content (AvgIpc) is 2.24. The second-order valence-electron chi connectivity index (χ2n) is 3.51.